The van der Waals surface area contributed by atoms with E-state index in [9.17, 15) is 18.8 Å². The minimum Gasteiger partial charge on any atom is -0.321 e. The second-order valence-electron chi connectivity index (χ2n) is 6.00. The fraction of sp³-hybridized carbons (Fsp3) is 0.438. The van der Waals surface area contributed by atoms with E-state index in [-0.39, 0.29) is 17.9 Å². The lowest BCUT2D eigenvalue weighted by atomic mass is 9.84. The summed E-state index contributed by atoms with van der Waals surface area (Å²) in [5, 5.41) is 3.33. The third kappa shape index (κ3) is 3.28. The van der Waals surface area contributed by atoms with Crippen LogP contribution >= 0.6 is 15.9 Å². The number of hydrogen-bond acceptors (Lipinski definition) is 3. The molecule has 1 atom stereocenters. The van der Waals surface area contributed by atoms with Crippen molar-refractivity contribution in [1.82, 2.24) is 15.8 Å². The Labute approximate surface area is 147 Å². The molecule has 24 heavy (non-hydrogen) atoms. The highest BCUT2D eigenvalue weighted by Gasteiger charge is 2.52. The lowest BCUT2D eigenvalue weighted by Gasteiger charge is -2.29. The zero-order valence-electron chi connectivity index (χ0n) is 13.7. The number of imide groups is 1. The van der Waals surface area contributed by atoms with Crippen molar-refractivity contribution in [2.75, 3.05) is 0 Å². The first-order chi connectivity index (χ1) is 11.2. The smallest absolute Gasteiger partial charge is 0.321 e. The Kier molecular flexibility index (Phi) is 5.27. The van der Waals surface area contributed by atoms with Gasteiger partial charge in [-0.1, -0.05) is 42.8 Å². The second-order valence-corrected chi connectivity index (χ2v) is 6.91. The van der Waals surface area contributed by atoms with Crippen molar-refractivity contribution in [2.45, 2.75) is 39.2 Å². The third-order valence-electron chi connectivity index (χ3n) is 4.26. The molecule has 0 radical (unpaired) electrons. The van der Waals surface area contributed by atoms with Crippen LogP contribution in [0.25, 0.3) is 0 Å². The van der Waals surface area contributed by atoms with Crippen LogP contribution < -0.4 is 10.7 Å². The zero-order valence-corrected chi connectivity index (χ0v) is 15.2. The molecule has 2 N–H and O–H groups in total. The van der Waals surface area contributed by atoms with Crippen molar-refractivity contribution in [2.24, 2.45) is 5.92 Å². The molecule has 8 heteroatoms. The number of carbonyl (C=O) groups is 3. The van der Waals surface area contributed by atoms with Gasteiger partial charge in [-0.15, -0.1) is 0 Å². The molecule has 0 aliphatic carbocycles. The highest BCUT2D eigenvalue weighted by molar-refractivity contribution is 9.10. The number of hydrazine groups is 1. The van der Waals surface area contributed by atoms with Gasteiger partial charge in [0.2, 0.25) is 5.91 Å². The van der Waals surface area contributed by atoms with E-state index in [0.717, 1.165) is 0 Å². The second kappa shape index (κ2) is 6.88. The highest BCUT2D eigenvalue weighted by atomic mass is 79.9. The molecule has 2 rings (SSSR count). The topological polar surface area (TPSA) is 78.5 Å². The molecular weight excluding hydrogens is 381 g/mol. The minimum atomic E-state index is -1.03. The Balaban J connectivity index is 2.11. The number of hydrogen-bond donors (Lipinski definition) is 2. The molecule has 1 heterocycles. The lowest BCUT2D eigenvalue weighted by molar-refractivity contribution is -0.140. The summed E-state index contributed by atoms with van der Waals surface area (Å²) in [4.78, 5) is 36.7. The Bertz CT molecular complexity index is 695. The van der Waals surface area contributed by atoms with Crippen LogP contribution in [0.15, 0.2) is 22.7 Å². The number of benzene rings is 1. The standard InChI is InChI=1S/C16H19BrFN3O3/c1-4-16(9(2)3)14(23)21(15(24)19-16)20-13(22)7-10-5-6-11(17)8-12(10)18/h5-6,8-9H,4,7H2,1-3H3,(H,19,24)(H,20,22). The molecule has 130 valence electrons. The van der Waals surface area contributed by atoms with E-state index in [1.807, 2.05) is 13.8 Å². The Morgan fingerprint density at radius 1 is 1.42 bits per heavy atom. The summed E-state index contributed by atoms with van der Waals surface area (Å²) < 4.78 is 14.3. The summed E-state index contributed by atoms with van der Waals surface area (Å²) in [5.74, 6) is -1.82. The summed E-state index contributed by atoms with van der Waals surface area (Å²) in [5.41, 5.74) is 1.41. The fourth-order valence-electron chi connectivity index (χ4n) is 2.73. The number of amides is 4. The first-order valence-corrected chi connectivity index (χ1v) is 8.40. The Hall–Kier alpha value is -1.96. The van der Waals surface area contributed by atoms with E-state index in [4.69, 9.17) is 0 Å². The maximum atomic E-state index is 13.8. The van der Waals surface area contributed by atoms with Crippen LogP contribution in [0.5, 0.6) is 0 Å². The van der Waals surface area contributed by atoms with Crippen LogP contribution in [-0.4, -0.2) is 28.4 Å². The van der Waals surface area contributed by atoms with Gasteiger partial charge in [0.25, 0.3) is 5.91 Å². The van der Waals surface area contributed by atoms with Crippen molar-refractivity contribution in [1.29, 1.82) is 0 Å². The van der Waals surface area contributed by atoms with Crippen LogP contribution in [0.3, 0.4) is 0 Å². The highest BCUT2D eigenvalue weighted by Crippen LogP contribution is 2.28. The lowest BCUT2D eigenvalue weighted by Crippen LogP contribution is -2.53. The number of halogens is 2. The molecule has 0 bridgehead atoms. The van der Waals surface area contributed by atoms with Crippen LogP contribution in [0.4, 0.5) is 9.18 Å². The average molecular weight is 400 g/mol. The molecule has 1 aliphatic heterocycles. The maximum Gasteiger partial charge on any atom is 0.344 e. The predicted octanol–water partition coefficient (Wildman–Crippen LogP) is 2.52. The monoisotopic (exact) mass is 399 g/mol. The van der Waals surface area contributed by atoms with Crippen LogP contribution in [0, 0.1) is 11.7 Å². The normalized spacial score (nSPS) is 20.5. The van der Waals surface area contributed by atoms with Gasteiger partial charge in [-0.3, -0.25) is 15.0 Å². The van der Waals surface area contributed by atoms with Crippen molar-refractivity contribution >= 4 is 33.8 Å². The van der Waals surface area contributed by atoms with Crippen molar-refractivity contribution in [3.63, 3.8) is 0 Å². The predicted molar refractivity (Wildman–Crippen MR) is 89.2 cm³/mol. The van der Waals surface area contributed by atoms with Crippen molar-refractivity contribution in [3.8, 4) is 0 Å². The molecule has 1 aliphatic rings. The van der Waals surface area contributed by atoms with Crippen molar-refractivity contribution < 1.29 is 18.8 Å². The van der Waals surface area contributed by atoms with E-state index >= 15 is 0 Å². The molecule has 0 spiro atoms. The Morgan fingerprint density at radius 2 is 2.08 bits per heavy atom. The molecular formula is C16H19BrFN3O3. The van der Waals surface area contributed by atoms with Gasteiger partial charge in [0, 0.05) is 4.47 Å². The first kappa shape index (κ1) is 18.4. The third-order valence-corrected chi connectivity index (χ3v) is 4.76. The SMILES string of the molecule is CCC1(C(C)C)NC(=O)N(NC(=O)Cc2ccc(Br)cc2F)C1=O. The summed E-state index contributed by atoms with van der Waals surface area (Å²) in [6.07, 6.45) is 0.125. The molecule has 0 saturated carbocycles. The molecule has 1 saturated heterocycles. The fourth-order valence-corrected chi connectivity index (χ4v) is 3.07. The van der Waals surface area contributed by atoms with E-state index in [1.54, 1.807) is 13.0 Å². The van der Waals surface area contributed by atoms with Crippen molar-refractivity contribution in [3.05, 3.63) is 34.1 Å². The number of rotatable bonds is 5. The first-order valence-electron chi connectivity index (χ1n) is 7.61. The molecule has 1 aromatic carbocycles. The maximum absolute atomic E-state index is 13.8. The van der Waals surface area contributed by atoms with E-state index in [2.05, 4.69) is 26.7 Å². The van der Waals surface area contributed by atoms with Gasteiger partial charge >= 0.3 is 6.03 Å². The molecule has 1 unspecified atom stereocenters. The largest absolute Gasteiger partial charge is 0.344 e. The Morgan fingerprint density at radius 3 is 2.58 bits per heavy atom. The van der Waals surface area contributed by atoms with E-state index in [0.29, 0.717) is 15.9 Å². The summed E-state index contributed by atoms with van der Waals surface area (Å²) in [7, 11) is 0. The van der Waals surface area contributed by atoms with Crippen LogP contribution in [0.2, 0.25) is 0 Å². The average Bonchev–Trinajstić information content (AvgIpc) is 2.75. The molecule has 1 aromatic rings. The summed E-state index contributed by atoms with van der Waals surface area (Å²) >= 11 is 3.14. The number of carbonyl (C=O) groups excluding carboxylic acids is 3. The van der Waals surface area contributed by atoms with Gasteiger partial charge in [-0.05, 0) is 30.0 Å². The molecule has 1 fully saturated rings. The summed E-state index contributed by atoms with van der Waals surface area (Å²) in [6, 6.07) is 3.65. The minimum absolute atomic E-state index is 0.134. The number of nitrogens with one attached hydrogen (secondary N) is 2. The van der Waals surface area contributed by atoms with Gasteiger partial charge in [-0.2, -0.15) is 5.01 Å². The van der Waals surface area contributed by atoms with E-state index in [1.165, 1.54) is 12.1 Å². The quantitative estimate of drug-likeness (QED) is 0.746. The van der Waals surface area contributed by atoms with Gasteiger partial charge in [0.15, 0.2) is 0 Å². The molecule has 0 aromatic heterocycles. The molecule has 6 nitrogen and oxygen atoms in total. The number of nitrogens with zero attached hydrogens (tertiary/aromatic N) is 1. The van der Waals surface area contributed by atoms with Crippen LogP contribution in [0.1, 0.15) is 32.8 Å². The number of urea groups is 1. The van der Waals surface area contributed by atoms with Gasteiger partial charge in [0.1, 0.15) is 11.4 Å². The van der Waals surface area contributed by atoms with Gasteiger partial charge in [0.05, 0.1) is 6.42 Å². The van der Waals surface area contributed by atoms with Gasteiger partial charge < -0.3 is 5.32 Å². The zero-order chi connectivity index (χ0) is 18.1. The molecule has 4 amide bonds. The summed E-state index contributed by atoms with van der Waals surface area (Å²) in [6.45, 7) is 5.44. The van der Waals surface area contributed by atoms with Gasteiger partial charge in [-0.25, -0.2) is 9.18 Å². The van der Waals surface area contributed by atoms with Crippen LogP contribution in [-0.2, 0) is 16.0 Å². The van der Waals surface area contributed by atoms with E-state index < -0.39 is 29.2 Å².